The molecule has 0 aliphatic heterocycles. The largest absolute Gasteiger partial charge is 0.459 e. The van der Waals surface area contributed by atoms with E-state index >= 15 is 0 Å². The third kappa shape index (κ3) is 3.54. The number of anilines is 1. The number of rotatable bonds is 2. The minimum absolute atomic E-state index is 0.0339. The molecule has 2 unspecified atom stereocenters. The third-order valence-corrected chi connectivity index (χ3v) is 4.01. The van der Waals surface area contributed by atoms with Crippen LogP contribution in [0.5, 0.6) is 0 Å². The average Bonchev–Trinajstić information content (AvgIpc) is 2.33. The molecule has 1 aromatic carbocycles. The maximum atomic E-state index is 12.1. The second-order valence-electron chi connectivity index (χ2n) is 5.15. The summed E-state index contributed by atoms with van der Waals surface area (Å²) in [5.74, 6) is 0.146. The van der Waals surface area contributed by atoms with Gasteiger partial charge in [-0.1, -0.05) is 36.5 Å². The Morgan fingerprint density at radius 3 is 2.79 bits per heavy atom. The average molecular weight is 302 g/mol. The zero-order valence-electron chi connectivity index (χ0n) is 10.8. The SMILES string of the molecule is CC1CCCC(OC(=O)c2cc(Cl)cc(Cl)c2N)C1. The predicted octanol–water partition coefficient (Wildman–Crippen LogP) is 4.31. The number of nitrogens with two attached hydrogens (primary N) is 1. The van der Waals surface area contributed by atoms with Gasteiger partial charge < -0.3 is 10.5 Å². The molecule has 0 amide bonds. The Hall–Kier alpha value is -0.930. The lowest BCUT2D eigenvalue weighted by molar-refractivity contribution is 0.0156. The van der Waals surface area contributed by atoms with Crippen LogP contribution in [0.15, 0.2) is 12.1 Å². The summed E-state index contributed by atoms with van der Waals surface area (Å²) in [5.41, 5.74) is 6.26. The smallest absolute Gasteiger partial charge is 0.340 e. The molecule has 0 heterocycles. The number of carbonyl (C=O) groups excluding carboxylic acids is 1. The van der Waals surface area contributed by atoms with Crippen molar-refractivity contribution in [1.29, 1.82) is 0 Å². The Morgan fingerprint density at radius 2 is 2.11 bits per heavy atom. The van der Waals surface area contributed by atoms with Crippen molar-refractivity contribution >= 4 is 34.9 Å². The second-order valence-corrected chi connectivity index (χ2v) is 5.99. The van der Waals surface area contributed by atoms with E-state index in [1.165, 1.54) is 18.6 Å². The van der Waals surface area contributed by atoms with E-state index in [2.05, 4.69) is 6.92 Å². The van der Waals surface area contributed by atoms with E-state index in [-0.39, 0.29) is 22.4 Å². The Morgan fingerprint density at radius 1 is 1.37 bits per heavy atom. The molecule has 5 heteroatoms. The number of esters is 1. The first-order valence-corrected chi connectivity index (χ1v) is 7.18. The summed E-state index contributed by atoms with van der Waals surface area (Å²) >= 11 is 11.8. The normalized spacial score (nSPS) is 23.1. The van der Waals surface area contributed by atoms with Gasteiger partial charge in [-0.05, 0) is 37.3 Å². The second kappa shape index (κ2) is 6.02. The first-order valence-electron chi connectivity index (χ1n) is 6.43. The molecule has 0 spiro atoms. The molecule has 104 valence electrons. The summed E-state index contributed by atoms with van der Waals surface area (Å²) in [4.78, 5) is 12.1. The topological polar surface area (TPSA) is 52.3 Å². The van der Waals surface area contributed by atoms with Gasteiger partial charge in [0.15, 0.2) is 0 Å². The zero-order valence-corrected chi connectivity index (χ0v) is 12.3. The van der Waals surface area contributed by atoms with Crippen molar-refractivity contribution in [2.75, 3.05) is 5.73 Å². The van der Waals surface area contributed by atoms with Crippen LogP contribution in [0.3, 0.4) is 0 Å². The molecule has 1 saturated carbocycles. The van der Waals surface area contributed by atoms with E-state index in [1.807, 2.05) is 0 Å². The first kappa shape index (κ1) is 14.5. The maximum absolute atomic E-state index is 12.1. The molecule has 2 rings (SSSR count). The lowest BCUT2D eigenvalue weighted by atomic mass is 9.89. The molecule has 19 heavy (non-hydrogen) atoms. The van der Waals surface area contributed by atoms with E-state index in [9.17, 15) is 4.79 Å². The van der Waals surface area contributed by atoms with Crippen molar-refractivity contribution in [2.24, 2.45) is 5.92 Å². The highest BCUT2D eigenvalue weighted by atomic mass is 35.5. The summed E-state index contributed by atoms with van der Waals surface area (Å²) in [6, 6.07) is 3.01. The Kier molecular flexibility index (Phi) is 4.58. The van der Waals surface area contributed by atoms with Gasteiger partial charge in [0.05, 0.1) is 16.3 Å². The van der Waals surface area contributed by atoms with Crippen LogP contribution in [-0.4, -0.2) is 12.1 Å². The quantitative estimate of drug-likeness (QED) is 0.654. The highest BCUT2D eigenvalue weighted by Crippen LogP contribution is 2.30. The molecule has 0 radical (unpaired) electrons. The number of hydrogen-bond acceptors (Lipinski definition) is 3. The molecule has 1 fully saturated rings. The van der Waals surface area contributed by atoms with Crippen molar-refractivity contribution in [3.05, 3.63) is 27.7 Å². The Balaban J connectivity index is 2.11. The van der Waals surface area contributed by atoms with Crippen molar-refractivity contribution < 1.29 is 9.53 Å². The van der Waals surface area contributed by atoms with Crippen molar-refractivity contribution in [2.45, 2.75) is 38.7 Å². The molecule has 0 aromatic heterocycles. The molecule has 0 saturated heterocycles. The van der Waals surface area contributed by atoms with E-state index in [0.717, 1.165) is 19.3 Å². The number of halogens is 2. The van der Waals surface area contributed by atoms with Crippen molar-refractivity contribution in [3.63, 3.8) is 0 Å². The van der Waals surface area contributed by atoms with Crippen LogP contribution in [0, 0.1) is 5.92 Å². The van der Waals surface area contributed by atoms with Crippen LogP contribution in [0.2, 0.25) is 10.0 Å². The number of hydrogen-bond donors (Lipinski definition) is 1. The summed E-state index contributed by atoms with van der Waals surface area (Å²) in [6.45, 7) is 2.17. The number of nitrogen functional groups attached to an aromatic ring is 1. The fraction of sp³-hybridized carbons (Fsp3) is 0.500. The van der Waals surface area contributed by atoms with E-state index in [0.29, 0.717) is 10.9 Å². The van der Waals surface area contributed by atoms with Crippen LogP contribution >= 0.6 is 23.2 Å². The molecule has 1 aliphatic rings. The van der Waals surface area contributed by atoms with Gasteiger partial charge in [0.2, 0.25) is 0 Å². The van der Waals surface area contributed by atoms with Gasteiger partial charge in [-0.3, -0.25) is 0 Å². The maximum Gasteiger partial charge on any atom is 0.340 e. The molecular weight excluding hydrogens is 285 g/mol. The van der Waals surface area contributed by atoms with Gasteiger partial charge in [0.1, 0.15) is 6.10 Å². The van der Waals surface area contributed by atoms with Crippen LogP contribution in [0.4, 0.5) is 5.69 Å². The van der Waals surface area contributed by atoms with Crippen LogP contribution in [-0.2, 0) is 4.74 Å². The highest BCUT2D eigenvalue weighted by Gasteiger charge is 2.24. The zero-order chi connectivity index (χ0) is 14.0. The minimum atomic E-state index is -0.444. The lowest BCUT2D eigenvalue weighted by Gasteiger charge is -2.26. The van der Waals surface area contributed by atoms with Gasteiger partial charge in [-0.25, -0.2) is 4.79 Å². The molecular formula is C14H17Cl2NO2. The van der Waals surface area contributed by atoms with Crippen LogP contribution in [0.1, 0.15) is 43.0 Å². The molecule has 3 nitrogen and oxygen atoms in total. The van der Waals surface area contributed by atoms with Crippen LogP contribution in [0.25, 0.3) is 0 Å². The van der Waals surface area contributed by atoms with E-state index in [1.54, 1.807) is 0 Å². The Bertz CT molecular complexity index is 491. The molecule has 2 N–H and O–H groups in total. The van der Waals surface area contributed by atoms with Gasteiger partial charge in [-0.15, -0.1) is 0 Å². The number of benzene rings is 1. The van der Waals surface area contributed by atoms with E-state index in [4.69, 9.17) is 33.7 Å². The van der Waals surface area contributed by atoms with Gasteiger partial charge >= 0.3 is 5.97 Å². The number of carbonyl (C=O) groups is 1. The fourth-order valence-corrected chi connectivity index (χ4v) is 2.95. The van der Waals surface area contributed by atoms with Crippen molar-refractivity contribution in [1.82, 2.24) is 0 Å². The highest BCUT2D eigenvalue weighted by molar-refractivity contribution is 6.37. The third-order valence-electron chi connectivity index (χ3n) is 3.48. The fourth-order valence-electron chi connectivity index (χ4n) is 2.45. The van der Waals surface area contributed by atoms with Gasteiger partial charge in [-0.2, -0.15) is 0 Å². The van der Waals surface area contributed by atoms with Gasteiger partial charge in [0, 0.05) is 5.02 Å². The molecule has 1 aromatic rings. The Labute approximate surface area is 123 Å². The minimum Gasteiger partial charge on any atom is -0.459 e. The van der Waals surface area contributed by atoms with E-state index < -0.39 is 5.97 Å². The first-order chi connectivity index (χ1) is 8.97. The predicted molar refractivity (Wildman–Crippen MR) is 77.7 cm³/mol. The van der Waals surface area contributed by atoms with Crippen molar-refractivity contribution in [3.8, 4) is 0 Å². The summed E-state index contributed by atoms with van der Waals surface area (Å²) < 4.78 is 5.50. The monoisotopic (exact) mass is 301 g/mol. The molecule has 2 atom stereocenters. The van der Waals surface area contributed by atoms with Crippen LogP contribution < -0.4 is 5.73 Å². The summed E-state index contributed by atoms with van der Waals surface area (Å²) in [7, 11) is 0. The number of ether oxygens (including phenoxy) is 1. The lowest BCUT2D eigenvalue weighted by Crippen LogP contribution is -2.25. The summed E-state index contributed by atoms with van der Waals surface area (Å²) in [5, 5.41) is 0.652. The van der Waals surface area contributed by atoms with Gasteiger partial charge in [0.25, 0.3) is 0 Å². The standard InChI is InChI=1S/C14H17Cl2NO2/c1-8-3-2-4-10(5-8)19-14(18)11-6-9(15)7-12(16)13(11)17/h6-8,10H,2-5,17H2,1H3. The molecule has 1 aliphatic carbocycles. The molecule has 0 bridgehead atoms. The summed E-state index contributed by atoms with van der Waals surface area (Å²) in [6.07, 6.45) is 4.06.